The maximum absolute atomic E-state index is 11.0. The summed E-state index contributed by atoms with van der Waals surface area (Å²) in [6, 6.07) is 5.10. The molecule has 4 heteroatoms. The fraction of sp³-hybridized carbons (Fsp3) is 0.364. The molecule has 1 aromatic rings. The van der Waals surface area contributed by atoms with Gasteiger partial charge in [0.05, 0.1) is 12.2 Å². The SMILES string of the molecule is CCC1CNc2cccc(C(=O)O)c2O1. The molecule has 1 unspecified atom stereocenters. The second-order valence-electron chi connectivity index (χ2n) is 3.52. The number of hydrogen-bond donors (Lipinski definition) is 2. The van der Waals surface area contributed by atoms with Crippen molar-refractivity contribution in [3.63, 3.8) is 0 Å². The first-order valence-corrected chi connectivity index (χ1v) is 4.99. The van der Waals surface area contributed by atoms with Crippen molar-refractivity contribution in [3.8, 4) is 5.75 Å². The number of aromatic carboxylic acids is 1. The average molecular weight is 207 g/mol. The van der Waals surface area contributed by atoms with Gasteiger partial charge in [0.2, 0.25) is 0 Å². The molecule has 0 aliphatic carbocycles. The molecule has 2 rings (SSSR count). The predicted octanol–water partition coefficient (Wildman–Crippen LogP) is 1.97. The average Bonchev–Trinajstić information content (AvgIpc) is 2.27. The van der Waals surface area contributed by atoms with Crippen LogP contribution in [0.15, 0.2) is 18.2 Å². The summed E-state index contributed by atoms with van der Waals surface area (Å²) >= 11 is 0. The van der Waals surface area contributed by atoms with Crippen molar-refractivity contribution in [2.45, 2.75) is 19.4 Å². The molecule has 0 radical (unpaired) electrons. The van der Waals surface area contributed by atoms with E-state index >= 15 is 0 Å². The van der Waals surface area contributed by atoms with E-state index in [0.29, 0.717) is 5.75 Å². The molecule has 1 aliphatic heterocycles. The second kappa shape index (κ2) is 3.81. The quantitative estimate of drug-likeness (QED) is 0.778. The van der Waals surface area contributed by atoms with Crippen molar-refractivity contribution in [1.82, 2.24) is 0 Å². The van der Waals surface area contributed by atoms with E-state index in [1.54, 1.807) is 12.1 Å². The zero-order chi connectivity index (χ0) is 10.8. The molecule has 0 fully saturated rings. The Morgan fingerprint density at radius 1 is 1.67 bits per heavy atom. The molecule has 1 aromatic carbocycles. The molecule has 1 heterocycles. The minimum atomic E-state index is -0.953. The zero-order valence-corrected chi connectivity index (χ0v) is 8.49. The van der Waals surface area contributed by atoms with Crippen LogP contribution in [0.5, 0.6) is 5.75 Å². The Bertz CT molecular complexity index is 389. The van der Waals surface area contributed by atoms with Crippen LogP contribution in [0.2, 0.25) is 0 Å². The summed E-state index contributed by atoms with van der Waals surface area (Å²) in [4.78, 5) is 11.0. The van der Waals surface area contributed by atoms with Crippen molar-refractivity contribution in [2.24, 2.45) is 0 Å². The third-order valence-corrected chi connectivity index (χ3v) is 2.51. The van der Waals surface area contributed by atoms with Gasteiger partial charge in [0.15, 0.2) is 5.75 Å². The van der Waals surface area contributed by atoms with Gasteiger partial charge in [0.25, 0.3) is 0 Å². The summed E-state index contributed by atoms with van der Waals surface area (Å²) in [5.41, 5.74) is 0.984. The Hall–Kier alpha value is -1.71. The van der Waals surface area contributed by atoms with Crippen molar-refractivity contribution in [2.75, 3.05) is 11.9 Å². The normalized spacial score (nSPS) is 18.6. The summed E-state index contributed by atoms with van der Waals surface area (Å²) in [7, 11) is 0. The number of carbonyl (C=O) groups is 1. The van der Waals surface area contributed by atoms with Gasteiger partial charge in [0, 0.05) is 0 Å². The Morgan fingerprint density at radius 2 is 2.47 bits per heavy atom. The van der Waals surface area contributed by atoms with E-state index in [9.17, 15) is 4.79 Å². The molecule has 1 aliphatic rings. The number of carboxylic acid groups (broad SMARTS) is 1. The summed E-state index contributed by atoms with van der Waals surface area (Å²) in [5, 5.41) is 12.2. The molecule has 80 valence electrons. The highest BCUT2D eigenvalue weighted by Gasteiger charge is 2.22. The van der Waals surface area contributed by atoms with Gasteiger partial charge in [-0.25, -0.2) is 4.79 Å². The number of rotatable bonds is 2. The van der Waals surface area contributed by atoms with Crippen LogP contribution in [0.3, 0.4) is 0 Å². The van der Waals surface area contributed by atoms with Crippen molar-refractivity contribution < 1.29 is 14.6 Å². The van der Waals surface area contributed by atoms with Crippen LogP contribution in [0.4, 0.5) is 5.69 Å². The topological polar surface area (TPSA) is 58.6 Å². The van der Waals surface area contributed by atoms with E-state index in [0.717, 1.165) is 18.7 Å². The van der Waals surface area contributed by atoms with Gasteiger partial charge in [-0.2, -0.15) is 0 Å². The van der Waals surface area contributed by atoms with Gasteiger partial charge in [-0.05, 0) is 18.6 Å². The van der Waals surface area contributed by atoms with Crippen LogP contribution in [0.1, 0.15) is 23.7 Å². The first-order valence-electron chi connectivity index (χ1n) is 4.99. The van der Waals surface area contributed by atoms with E-state index in [1.165, 1.54) is 0 Å². The Labute approximate surface area is 87.9 Å². The third kappa shape index (κ3) is 1.75. The number of anilines is 1. The standard InChI is InChI=1S/C11H13NO3/c1-2-7-6-12-9-5-3-4-8(11(13)14)10(9)15-7/h3-5,7,12H,2,6H2,1H3,(H,13,14). The van der Waals surface area contributed by atoms with Crippen LogP contribution >= 0.6 is 0 Å². The summed E-state index contributed by atoms with van der Waals surface area (Å²) in [6.45, 7) is 2.74. The summed E-state index contributed by atoms with van der Waals surface area (Å²) < 4.78 is 5.63. The van der Waals surface area contributed by atoms with E-state index in [-0.39, 0.29) is 11.7 Å². The van der Waals surface area contributed by atoms with Gasteiger partial charge in [-0.1, -0.05) is 13.0 Å². The second-order valence-corrected chi connectivity index (χ2v) is 3.52. The van der Waals surface area contributed by atoms with Crippen molar-refractivity contribution in [1.29, 1.82) is 0 Å². The van der Waals surface area contributed by atoms with E-state index in [2.05, 4.69) is 5.32 Å². The van der Waals surface area contributed by atoms with Gasteiger partial charge < -0.3 is 15.2 Å². The van der Waals surface area contributed by atoms with Gasteiger partial charge >= 0.3 is 5.97 Å². The minimum Gasteiger partial charge on any atom is -0.486 e. The van der Waals surface area contributed by atoms with E-state index in [4.69, 9.17) is 9.84 Å². The number of para-hydroxylation sites is 1. The molecule has 0 saturated carbocycles. The first-order chi connectivity index (χ1) is 7.22. The van der Waals surface area contributed by atoms with Gasteiger partial charge in [-0.15, -0.1) is 0 Å². The minimum absolute atomic E-state index is 0.0537. The molecule has 0 spiro atoms. The number of hydrogen-bond acceptors (Lipinski definition) is 3. The van der Waals surface area contributed by atoms with E-state index in [1.807, 2.05) is 13.0 Å². The van der Waals surface area contributed by atoms with Crippen LogP contribution in [-0.2, 0) is 0 Å². The molecule has 2 N–H and O–H groups in total. The molecular formula is C11H13NO3. The fourth-order valence-electron chi connectivity index (χ4n) is 1.63. The molecule has 0 bridgehead atoms. The Kier molecular flexibility index (Phi) is 2.49. The zero-order valence-electron chi connectivity index (χ0n) is 8.49. The summed E-state index contributed by atoms with van der Waals surface area (Å²) in [5.74, 6) is -0.492. The molecular weight excluding hydrogens is 194 g/mol. The van der Waals surface area contributed by atoms with E-state index < -0.39 is 5.97 Å². The van der Waals surface area contributed by atoms with Crippen LogP contribution < -0.4 is 10.1 Å². The van der Waals surface area contributed by atoms with Gasteiger partial charge in [0.1, 0.15) is 11.7 Å². The highest BCUT2D eigenvalue weighted by Crippen LogP contribution is 2.33. The van der Waals surface area contributed by atoms with Crippen molar-refractivity contribution in [3.05, 3.63) is 23.8 Å². The molecule has 4 nitrogen and oxygen atoms in total. The molecule has 15 heavy (non-hydrogen) atoms. The highest BCUT2D eigenvalue weighted by atomic mass is 16.5. The number of nitrogens with one attached hydrogen (secondary N) is 1. The predicted molar refractivity (Wildman–Crippen MR) is 56.6 cm³/mol. The fourth-order valence-corrected chi connectivity index (χ4v) is 1.63. The lowest BCUT2D eigenvalue weighted by molar-refractivity contribution is 0.0688. The van der Waals surface area contributed by atoms with Crippen molar-refractivity contribution >= 4 is 11.7 Å². The Balaban J connectivity index is 2.40. The molecule has 0 saturated heterocycles. The van der Waals surface area contributed by atoms with Crippen LogP contribution in [-0.4, -0.2) is 23.7 Å². The lowest BCUT2D eigenvalue weighted by Crippen LogP contribution is -2.30. The molecule has 0 amide bonds. The third-order valence-electron chi connectivity index (χ3n) is 2.51. The van der Waals surface area contributed by atoms with Crippen LogP contribution in [0.25, 0.3) is 0 Å². The maximum Gasteiger partial charge on any atom is 0.339 e. The first kappa shape index (κ1) is 9.83. The highest BCUT2D eigenvalue weighted by molar-refractivity contribution is 5.93. The number of ether oxygens (including phenoxy) is 1. The van der Waals surface area contributed by atoms with Gasteiger partial charge in [-0.3, -0.25) is 0 Å². The monoisotopic (exact) mass is 207 g/mol. The largest absolute Gasteiger partial charge is 0.486 e. The maximum atomic E-state index is 11.0. The number of carboxylic acids is 1. The molecule has 1 atom stereocenters. The smallest absolute Gasteiger partial charge is 0.339 e. The van der Waals surface area contributed by atoms with Crippen LogP contribution in [0, 0.1) is 0 Å². The lowest BCUT2D eigenvalue weighted by Gasteiger charge is -2.27. The lowest BCUT2D eigenvalue weighted by atomic mass is 10.1. The molecule has 0 aromatic heterocycles. The Morgan fingerprint density at radius 3 is 3.13 bits per heavy atom. The number of fused-ring (bicyclic) bond motifs is 1. The number of benzene rings is 1. The summed E-state index contributed by atoms with van der Waals surface area (Å²) in [6.07, 6.45) is 0.915.